The van der Waals surface area contributed by atoms with Gasteiger partial charge in [-0.3, -0.25) is 14.4 Å². The van der Waals surface area contributed by atoms with Crippen molar-refractivity contribution in [2.75, 3.05) is 6.54 Å². The van der Waals surface area contributed by atoms with E-state index in [0.717, 1.165) is 19.3 Å². The number of nitrogens with two attached hydrogens (primary N) is 2. The summed E-state index contributed by atoms with van der Waals surface area (Å²) in [5.41, 5.74) is 10.6. The molecule has 5 N–H and O–H groups in total. The number of amides is 3. The molecule has 1 saturated heterocycles. The molecule has 0 bridgehead atoms. The van der Waals surface area contributed by atoms with Crippen LogP contribution in [0.15, 0.2) is 0 Å². The lowest BCUT2D eigenvalue weighted by atomic mass is 10.1. The topological polar surface area (TPSA) is 119 Å². The SMILES string of the molecule is CC1C[C@H](NC(=O)CCCCCN)C(=O)N1C(I)C(N)=O. The van der Waals surface area contributed by atoms with Crippen LogP contribution in [-0.2, 0) is 14.4 Å². The van der Waals surface area contributed by atoms with E-state index in [1.165, 1.54) is 4.90 Å². The lowest BCUT2D eigenvalue weighted by Gasteiger charge is -2.25. The normalized spacial score (nSPS) is 23.2. The maximum atomic E-state index is 12.3. The van der Waals surface area contributed by atoms with Crippen molar-refractivity contribution in [3.8, 4) is 0 Å². The third-order valence-electron chi connectivity index (χ3n) is 3.53. The van der Waals surface area contributed by atoms with Gasteiger partial charge in [-0.25, -0.2) is 0 Å². The van der Waals surface area contributed by atoms with Crippen LogP contribution < -0.4 is 16.8 Å². The second kappa shape index (κ2) is 8.52. The van der Waals surface area contributed by atoms with Crippen molar-refractivity contribution in [1.29, 1.82) is 0 Å². The Morgan fingerprint density at radius 3 is 2.67 bits per heavy atom. The van der Waals surface area contributed by atoms with E-state index >= 15 is 0 Å². The lowest BCUT2D eigenvalue weighted by Crippen LogP contribution is -2.48. The van der Waals surface area contributed by atoms with Crippen molar-refractivity contribution < 1.29 is 14.4 Å². The van der Waals surface area contributed by atoms with Gasteiger partial charge in [-0.05, 0) is 55.3 Å². The van der Waals surface area contributed by atoms with Crippen molar-refractivity contribution in [2.45, 2.75) is 55.2 Å². The Balaban J connectivity index is 2.48. The minimum absolute atomic E-state index is 0.116. The number of nitrogens with zero attached hydrogens (tertiary/aromatic N) is 1. The second-order valence-electron chi connectivity index (χ2n) is 5.29. The molecule has 1 aliphatic heterocycles. The monoisotopic (exact) mass is 410 g/mol. The van der Waals surface area contributed by atoms with E-state index in [0.29, 0.717) is 19.4 Å². The van der Waals surface area contributed by atoms with Crippen LogP contribution >= 0.6 is 22.6 Å². The molecule has 0 aromatic carbocycles. The average Bonchev–Trinajstić information content (AvgIpc) is 2.68. The molecule has 1 fully saturated rings. The number of hydrogen-bond donors (Lipinski definition) is 3. The summed E-state index contributed by atoms with van der Waals surface area (Å²) in [5.74, 6) is -0.927. The van der Waals surface area contributed by atoms with E-state index in [4.69, 9.17) is 11.5 Å². The summed E-state index contributed by atoms with van der Waals surface area (Å²) < 4.78 is -0.684. The number of rotatable bonds is 8. The molecule has 120 valence electrons. The first kappa shape index (κ1) is 18.1. The highest BCUT2D eigenvalue weighted by Crippen LogP contribution is 2.24. The summed E-state index contributed by atoms with van der Waals surface area (Å²) in [6.07, 6.45) is 3.46. The predicted octanol–water partition coefficient (Wildman–Crippen LogP) is -0.142. The van der Waals surface area contributed by atoms with Gasteiger partial charge in [0.1, 0.15) is 6.04 Å². The molecule has 0 saturated carbocycles. The van der Waals surface area contributed by atoms with Crippen molar-refractivity contribution >= 4 is 40.3 Å². The van der Waals surface area contributed by atoms with Crippen LogP contribution in [0.4, 0.5) is 0 Å². The standard InChI is InChI=1S/C13H23IN4O3/c1-8-7-9(13(21)18(8)11(14)12(16)20)17-10(19)5-3-2-4-6-15/h8-9,11H,2-7,15H2,1H3,(H2,16,20)(H,17,19)/t8?,9-,11?/m0/s1. The van der Waals surface area contributed by atoms with Crippen LogP contribution in [0.2, 0.25) is 0 Å². The van der Waals surface area contributed by atoms with Gasteiger partial charge in [0.25, 0.3) is 0 Å². The van der Waals surface area contributed by atoms with Gasteiger partial charge in [-0.15, -0.1) is 0 Å². The Labute approximate surface area is 138 Å². The van der Waals surface area contributed by atoms with Gasteiger partial charge in [-0.1, -0.05) is 6.42 Å². The number of nitrogens with one attached hydrogen (secondary N) is 1. The fraction of sp³-hybridized carbons (Fsp3) is 0.769. The first-order valence-electron chi connectivity index (χ1n) is 7.13. The Morgan fingerprint density at radius 2 is 2.10 bits per heavy atom. The first-order valence-corrected chi connectivity index (χ1v) is 8.38. The molecule has 0 aromatic heterocycles. The lowest BCUT2D eigenvalue weighted by molar-refractivity contribution is -0.136. The zero-order chi connectivity index (χ0) is 16.0. The third-order valence-corrected chi connectivity index (χ3v) is 4.74. The van der Waals surface area contributed by atoms with Crippen molar-refractivity contribution in [3.63, 3.8) is 0 Å². The smallest absolute Gasteiger partial charge is 0.250 e. The molecule has 7 nitrogen and oxygen atoms in total. The fourth-order valence-electron chi connectivity index (χ4n) is 2.42. The summed E-state index contributed by atoms with van der Waals surface area (Å²) in [4.78, 5) is 36.8. The zero-order valence-corrected chi connectivity index (χ0v) is 14.3. The summed E-state index contributed by atoms with van der Waals surface area (Å²) in [6.45, 7) is 2.47. The van der Waals surface area contributed by atoms with Gasteiger partial charge in [0.2, 0.25) is 17.7 Å². The van der Waals surface area contributed by atoms with E-state index in [2.05, 4.69) is 5.32 Å². The molecular formula is C13H23IN4O3. The molecule has 0 aliphatic carbocycles. The summed E-state index contributed by atoms with van der Waals surface area (Å²) in [5, 5.41) is 2.74. The number of alkyl halides is 1. The van der Waals surface area contributed by atoms with Crippen molar-refractivity contribution in [2.24, 2.45) is 11.5 Å². The van der Waals surface area contributed by atoms with Crippen LogP contribution in [-0.4, -0.2) is 45.3 Å². The molecule has 21 heavy (non-hydrogen) atoms. The Hall–Kier alpha value is -0.900. The molecule has 1 rings (SSSR count). The maximum Gasteiger partial charge on any atom is 0.250 e. The Morgan fingerprint density at radius 1 is 1.43 bits per heavy atom. The van der Waals surface area contributed by atoms with Gasteiger partial charge in [0.05, 0.1) is 0 Å². The predicted molar refractivity (Wildman–Crippen MR) is 87.4 cm³/mol. The molecule has 2 unspecified atom stereocenters. The van der Waals surface area contributed by atoms with Gasteiger partial charge in [0, 0.05) is 12.5 Å². The molecule has 1 heterocycles. The highest BCUT2D eigenvalue weighted by atomic mass is 127. The second-order valence-corrected chi connectivity index (χ2v) is 6.47. The number of carbonyl (C=O) groups is 3. The van der Waals surface area contributed by atoms with Crippen LogP contribution in [0.25, 0.3) is 0 Å². The number of carbonyl (C=O) groups excluding carboxylic acids is 3. The van der Waals surface area contributed by atoms with E-state index < -0.39 is 16.0 Å². The van der Waals surface area contributed by atoms with Crippen LogP contribution in [0, 0.1) is 0 Å². The molecule has 3 amide bonds. The highest BCUT2D eigenvalue weighted by molar-refractivity contribution is 14.1. The van der Waals surface area contributed by atoms with E-state index in [-0.39, 0.29) is 17.9 Å². The quantitative estimate of drug-likeness (QED) is 0.223. The third kappa shape index (κ3) is 5.10. The van der Waals surface area contributed by atoms with Gasteiger partial charge >= 0.3 is 0 Å². The number of halogens is 1. The molecule has 0 radical (unpaired) electrons. The summed E-state index contributed by atoms with van der Waals surface area (Å²) >= 11 is 1.85. The van der Waals surface area contributed by atoms with E-state index in [1.54, 1.807) is 0 Å². The number of primary amides is 1. The summed E-state index contributed by atoms with van der Waals surface area (Å²) in [6, 6.07) is -0.673. The molecule has 0 aromatic rings. The fourth-order valence-corrected chi connectivity index (χ4v) is 3.24. The van der Waals surface area contributed by atoms with Crippen LogP contribution in [0.3, 0.4) is 0 Å². The Bertz CT molecular complexity index is 405. The molecular weight excluding hydrogens is 387 g/mol. The summed E-state index contributed by atoms with van der Waals surface area (Å²) in [7, 11) is 0. The molecule has 1 aliphatic rings. The maximum absolute atomic E-state index is 12.3. The molecule has 0 spiro atoms. The molecule has 3 atom stereocenters. The largest absolute Gasteiger partial charge is 0.367 e. The highest BCUT2D eigenvalue weighted by Gasteiger charge is 2.42. The minimum atomic E-state index is -0.684. The van der Waals surface area contributed by atoms with Crippen LogP contribution in [0.5, 0.6) is 0 Å². The Kier molecular flexibility index (Phi) is 7.36. The average molecular weight is 410 g/mol. The number of hydrogen-bond acceptors (Lipinski definition) is 4. The number of likely N-dealkylation sites (tertiary alicyclic amines) is 1. The van der Waals surface area contributed by atoms with Gasteiger partial charge in [-0.2, -0.15) is 0 Å². The van der Waals surface area contributed by atoms with Gasteiger partial charge in [0.15, 0.2) is 4.05 Å². The van der Waals surface area contributed by atoms with Gasteiger partial charge < -0.3 is 21.7 Å². The van der Waals surface area contributed by atoms with Crippen LogP contribution in [0.1, 0.15) is 39.0 Å². The first-order chi connectivity index (χ1) is 9.88. The molecule has 8 heteroatoms. The zero-order valence-electron chi connectivity index (χ0n) is 12.2. The van der Waals surface area contributed by atoms with E-state index in [9.17, 15) is 14.4 Å². The minimum Gasteiger partial charge on any atom is -0.367 e. The van der Waals surface area contributed by atoms with Crippen molar-refractivity contribution in [3.05, 3.63) is 0 Å². The van der Waals surface area contributed by atoms with E-state index in [1.807, 2.05) is 29.5 Å². The van der Waals surface area contributed by atoms with Crippen molar-refractivity contribution in [1.82, 2.24) is 10.2 Å². The number of unbranched alkanes of at least 4 members (excludes halogenated alkanes) is 2.